The number of anilines is 1. The molecule has 0 unspecified atom stereocenters. The van der Waals surface area contributed by atoms with Crippen LogP contribution in [0.4, 0.5) is 11.7 Å². The van der Waals surface area contributed by atoms with Crippen molar-refractivity contribution >= 4 is 28.9 Å². The van der Waals surface area contributed by atoms with Crippen molar-refractivity contribution < 1.29 is 14.1 Å². The van der Waals surface area contributed by atoms with E-state index >= 15 is 0 Å². The number of thiazole rings is 1. The smallest absolute Gasteiger partial charge is 0.398 e. The van der Waals surface area contributed by atoms with Gasteiger partial charge in [-0.05, 0) is 6.07 Å². The van der Waals surface area contributed by atoms with E-state index in [-0.39, 0.29) is 11.8 Å². The molecule has 7 nitrogen and oxygen atoms in total. The lowest BCUT2D eigenvalue weighted by Crippen LogP contribution is -2.05. The molecule has 2 aromatic heterocycles. The average Bonchev–Trinajstić information content (AvgIpc) is 2.83. The Balaban J connectivity index is 2.24. The van der Waals surface area contributed by atoms with Gasteiger partial charge in [0, 0.05) is 12.3 Å². The Hall–Kier alpha value is -2.22. The summed E-state index contributed by atoms with van der Waals surface area (Å²) in [6.45, 7) is 1.37. The lowest BCUT2D eigenvalue weighted by Gasteiger charge is -1.93. The molecule has 1 amide bonds. The van der Waals surface area contributed by atoms with E-state index in [1.165, 1.54) is 30.4 Å². The molecule has 0 saturated carbocycles. The minimum Gasteiger partial charge on any atom is -0.398 e. The number of aromatic nitrogens is 1. The van der Waals surface area contributed by atoms with E-state index in [0.29, 0.717) is 16.6 Å². The zero-order valence-corrected chi connectivity index (χ0v) is 9.48. The van der Waals surface area contributed by atoms with E-state index in [2.05, 4.69) is 10.3 Å². The number of nitrogens with zero attached hydrogens (tertiary/aromatic N) is 2. The van der Waals surface area contributed by atoms with Gasteiger partial charge in [-0.2, -0.15) is 0 Å². The number of hydrogen-bond donors (Lipinski definition) is 1. The Morgan fingerprint density at radius 1 is 1.59 bits per heavy atom. The number of rotatable bonds is 3. The van der Waals surface area contributed by atoms with Crippen LogP contribution in [0.1, 0.15) is 6.92 Å². The molecule has 2 aromatic rings. The second-order valence-electron chi connectivity index (χ2n) is 3.11. The molecule has 0 aromatic carbocycles. The Kier molecular flexibility index (Phi) is 2.88. The van der Waals surface area contributed by atoms with Crippen LogP contribution in [-0.4, -0.2) is 15.8 Å². The number of nitro groups is 1. The quantitative estimate of drug-likeness (QED) is 0.668. The summed E-state index contributed by atoms with van der Waals surface area (Å²) in [5.74, 6) is 0.137. The van der Waals surface area contributed by atoms with Gasteiger partial charge in [0.2, 0.25) is 5.91 Å². The van der Waals surface area contributed by atoms with E-state index < -0.39 is 4.92 Å². The molecule has 0 aliphatic rings. The predicted molar refractivity (Wildman–Crippen MR) is 60.8 cm³/mol. The van der Waals surface area contributed by atoms with Gasteiger partial charge in [-0.15, -0.1) is 11.3 Å². The number of carbonyl (C=O) groups is 1. The summed E-state index contributed by atoms with van der Waals surface area (Å²) in [5, 5.41) is 15.0. The lowest BCUT2D eigenvalue weighted by atomic mass is 10.5. The topological polar surface area (TPSA) is 98.3 Å². The van der Waals surface area contributed by atoms with Crippen LogP contribution < -0.4 is 5.32 Å². The summed E-state index contributed by atoms with van der Waals surface area (Å²) >= 11 is 1.23. The molecule has 0 spiro atoms. The van der Waals surface area contributed by atoms with Crippen molar-refractivity contribution in [3.8, 4) is 10.8 Å². The molecule has 0 bridgehead atoms. The molecule has 8 heteroatoms. The van der Waals surface area contributed by atoms with Crippen LogP contribution in [0.2, 0.25) is 0 Å². The Bertz CT molecular complexity index is 574. The van der Waals surface area contributed by atoms with Gasteiger partial charge in [0.15, 0.2) is 10.8 Å². The fourth-order valence-corrected chi connectivity index (χ4v) is 1.88. The van der Waals surface area contributed by atoms with Gasteiger partial charge in [-0.1, -0.05) is 0 Å². The van der Waals surface area contributed by atoms with Crippen molar-refractivity contribution in [1.82, 2.24) is 4.98 Å². The molecular weight excluding hydrogens is 246 g/mol. The first kappa shape index (κ1) is 11.3. The Morgan fingerprint density at radius 2 is 2.35 bits per heavy atom. The van der Waals surface area contributed by atoms with Gasteiger partial charge in [-0.25, -0.2) is 4.98 Å². The van der Waals surface area contributed by atoms with Crippen molar-refractivity contribution in [3.63, 3.8) is 0 Å². The zero-order valence-electron chi connectivity index (χ0n) is 8.67. The highest BCUT2D eigenvalue weighted by Gasteiger charge is 2.15. The van der Waals surface area contributed by atoms with E-state index in [1.807, 2.05) is 0 Å². The number of furan rings is 1. The van der Waals surface area contributed by atoms with Crippen molar-refractivity contribution in [1.29, 1.82) is 0 Å². The highest BCUT2D eigenvalue weighted by atomic mass is 32.1. The molecule has 0 radical (unpaired) electrons. The third-order valence-corrected chi connectivity index (χ3v) is 2.65. The van der Waals surface area contributed by atoms with Crippen molar-refractivity contribution in [2.45, 2.75) is 6.92 Å². The van der Waals surface area contributed by atoms with Gasteiger partial charge in [-0.3, -0.25) is 14.9 Å². The summed E-state index contributed by atoms with van der Waals surface area (Å²) in [6, 6.07) is 2.73. The number of carbonyl (C=O) groups excluding carboxylic acids is 1. The minimum atomic E-state index is -0.619. The van der Waals surface area contributed by atoms with Crippen LogP contribution in [0, 0.1) is 10.1 Å². The second-order valence-corrected chi connectivity index (χ2v) is 3.97. The van der Waals surface area contributed by atoms with Crippen LogP contribution >= 0.6 is 11.3 Å². The molecule has 0 fully saturated rings. The molecule has 0 aliphatic heterocycles. The largest absolute Gasteiger partial charge is 0.433 e. The maximum Gasteiger partial charge on any atom is 0.433 e. The van der Waals surface area contributed by atoms with E-state index in [4.69, 9.17) is 4.42 Å². The van der Waals surface area contributed by atoms with Crippen LogP contribution in [0.25, 0.3) is 10.8 Å². The van der Waals surface area contributed by atoms with Crippen molar-refractivity contribution in [2.75, 3.05) is 5.32 Å². The lowest BCUT2D eigenvalue weighted by molar-refractivity contribution is -0.401. The Morgan fingerprint density at radius 3 is 2.94 bits per heavy atom. The maximum atomic E-state index is 10.8. The molecule has 0 aliphatic carbocycles. The first-order valence-corrected chi connectivity index (χ1v) is 5.42. The highest BCUT2D eigenvalue weighted by molar-refractivity contribution is 7.13. The first-order chi connectivity index (χ1) is 8.06. The van der Waals surface area contributed by atoms with Crippen LogP contribution in [0.5, 0.6) is 0 Å². The molecule has 17 heavy (non-hydrogen) atoms. The number of hydrogen-bond acceptors (Lipinski definition) is 6. The molecule has 88 valence electrons. The third kappa shape index (κ3) is 2.48. The maximum absolute atomic E-state index is 10.8. The van der Waals surface area contributed by atoms with E-state index in [0.717, 1.165) is 0 Å². The number of amides is 1. The highest BCUT2D eigenvalue weighted by Crippen LogP contribution is 2.29. The summed E-state index contributed by atoms with van der Waals surface area (Å²) in [6.07, 6.45) is 0. The van der Waals surface area contributed by atoms with Gasteiger partial charge in [0.05, 0.1) is 6.07 Å². The molecule has 2 heterocycles. The normalized spacial score (nSPS) is 10.2. The van der Waals surface area contributed by atoms with Crippen LogP contribution in [-0.2, 0) is 4.79 Å². The molecule has 0 atom stereocenters. The summed E-state index contributed by atoms with van der Waals surface area (Å²) < 4.78 is 4.99. The van der Waals surface area contributed by atoms with Crippen LogP contribution in [0.15, 0.2) is 21.9 Å². The fourth-order valence-electron chi connectivity index (χ4n) is 1.17. The standard InChI is InChI=1S/C9H7N3O4S/c1-5(13)10-7-4-17-9(11-7)6-2-3-8(16-6)12(14)15/h2-4H,1H3,(H,10,13). The molecule has 0 saturated heterocycles. The van der Waals surface area contributed by atoms with Gasteiger partial charge >= 0.3 is 5.88 Å². The Labute approximate surface area is 99.2 Å². The van der Waals surface area contributed by atoms with E-state index in [9.17, 15) is 14.9 Å². The first-order valence-electron chi connectivity index (χ1n) is 4.54. The third-order valence-electron chi connectivity index (χ3n) is 1.79. The van der Waals surface area contributed by atoms with Crippen molar-refractivity contribution in [2.24, 2.45) is 0 Å². The fraction of sp³-hybridized carbons (Fsp3) is 0.111. The molecule has 1 N–H and O–H groups in total. The summed E-state index contributed by atoms with van der Waals surface area (Å²) in [4.78, 5) is 24.7. The number of nitrogens with one attached hydrogen (secondary N) is 1. The summed E-state index contributed by atoms with van der Waals surface area (Å²) in [5.41, 5.74) is 0. The SMILES string of the molecule is CC(=O)Nc1csc(-c2ccc([N+](=O)[O-])o2)n1. The monoisotopic (exact) mass is 253 g/mol. The van der Waals surface area contributed by atoms with E-state index in [1.54, 1.807) is 5.38 Å². The molecular formula is C9H7N3O4S. The predicted octanol–water partition coefficient (Wildman–Crippen LogP) is 2.27. The minimum absolute atomic E-state index is 0.229. The van der Waals surface area contributed by atoms with Gasteiger partial charge < -0.3 is 9.73 Å². The van der Waals surface area contributed by atoms with Crippen LogP contribution in [0.3, 0.4) is 0 Å². The van der Waals surface area contributed by atoms with Gasteiger partial charge in [0.25, 0.3) is 0 Å². The summed E-state index contributed by atoms with van der Waals surface area (Å²) in [7, 11) is 0. The molecule has 2 rings (SSSR count). The average molecular weight is 253 g/mol. The van der Waals surface area contributed by atoms with Crippen molar-refractivity contribution in [3.05, 3.63) is 27.6 Å². The zero-order chi connectivity index (χ0) is 12.4. The second kappa shape index (κ2) is 4.34. The van der Waals surface area contributed by atoms with Gasteiger partial charge in [0.1, 0.15) is 10.7 Å².